The number of nitrogens with zero attached hydrogens (tertiary/aromatic N) is 1. The van der Waals surface area contributed by atoms with Gasteiger partial charge in [-0.05, 0) is 12.1 Å². The highest BCUT2D eigenvalue weighted by atomic mass is 35.7. The molecule has 0 unspecified atom stereocenters. The maximum Gasteiger partial charge on any atom is 0.281 e. The molecule has 0 bridgehead atoms. The topological polar surface area (TPSA) is 49.4 Å². The molecule has 0 fully saturated rings. The molecule has 0 aliphatic carbocycles. The summed E-state index contributed by atoms with van der Waals surface area (Å²) in [5.74, 6) is 0. The number of fused-ring (bicyclic) bond motifs is 1. The van der Waals surface area contributed by atoms with Crippen LogP contribution in [0.4, 0.5) is 11.4 Å². The SMILES string of the molecule is O=S(=O)(Cl)C1=C(Cl)Nc2ccccc2N1Cl. The summed E-state index contributed by atoms with van der Waals surface area (Å²) in [6.07, 6.45) is 0. The molecule has 2 rings (SSSR count). The minimum Gasteiger partial charge on any atom is -0.342 e. The van der Waals surface area contributed by atoms with E-state index in [1.54, 1.807) is 24.3 Å². The fourth-order valence-corrected chi connectivity index (χ4v) is 3.58. The zero-order chi connectivity index (χ0) is 11.9. The second-order valence-electron chi connectivity index (χ2n) is 2.98. The monoisotopic (exact) mass is 298 g/mol. The number of hydrogen-bond donors (Lipinski definition) is 1. The van der Waals surface area contributed by atoms with Crippen molar-refractivity contribution in [1.82, 2.24) is 0 Å². The minimum absolute atomic E-state index is 0.135. The highest BCUT2D eigenvalue weighted by Crippen LogP contribution is 2.40. The molecular formula is C8H5Cl3N2O2S. The van der Waals surface area contributed by atoms with Crippen molar-refractivity contribution in [3.63, 3.8) is 0 Å². The zero-order valence-electron chi connectivity index (χ0n) is 7.62. The van der Waals surface area contributed by atoms with Crippen molar-refractivity contribution in [2.45, 2.75) is 0 Å². The summed E-state index contributed by atoms with van der Waals surface area (Å²) in [6.45, 7) is 0. The van der Waals surface area contributed by atoms with Crippen molar-refractivity contribution < 1.29 is 8.42 Å². The number of para-hydroxylation sites is 2. The van der Waals surface area contributed by atoms with Gasteiger partial charge in [-0.25, -0.2) is 12.8 Å². The van der Waals surface area contributed by atoms with E-state index in [1.165, 1.54) is 0 Å². The fourth-order valence-electron chi connectivity index (χ4n) is 1.32. The predicted molar refractivity (Wildman–Crippen MR) is 66.0 cm³/mol. The maximum atomic E-state index is 11.3. The fraction of sp³-hybridized carbons (Fsp3) is 0. The molecule has 1 heterocycles. The van der Waals surface area contributed by atoms with Crippen LogP contribution in [0.25, 0.3) is 0 Å². The van der Waals surface area contributed by atoms with Crippen molar-refractivity contribution in [2.75, 3.05) is 9.74 Å². The molecule has 4 nitrogen and oxygen atoms in total. The lowest BCUT2D eigenvalue weighted by atomic mass is 10.2. The molecule has 8 heteroatoms. The summed E-state index contributed by atoms with van der Waals surface area (Å²) in [7, 11) is 1.22. The smallest absolute Gasteiger partial charge is 0.281 e. The van der Waals surface area contributed by atoms with Crippen molar-refractivity contribution in [2.24, 2.45) is 0 Å². The molecule has 1 N–H and O–H groups in total. The summed E-state index contributed by atoms with van der Waals surface area (Å²) in [5.41, 5.74) is 1.07. The number of anilines is 2. The van der Waals surface area contributed by atoms with E-state index < -0.39 is 9.05 Å². The van der Waals surface area contributed by atoms with Gasteiger partial charge in [0, 0.05) is 22.5 Å². The second-order valence-corrected chi connectivity index (χ2v) is 6.18. The van der Waals surface area contributed by atoms with Gasteiger partial charge >= 0.3 is 0 Å². The van der Waals surface area contributed by atoms with E-state index in [0.717, 1.165) is 4.42 Å². The van der Waals surface area contributed by atoms with Crippen molar-refractivity contribution in [1.29, 1.82) is 0 Å². The van der Waals surface area contributed by atoms with Crippen molar-refractivity contribution in [3.05, 3.63) is 34.5 Å². The Bertz CT molecular complexity index is 570. The van der Waals surface area contributed by atoms with E-state index in [4.69, 9.17) is 34.1 Å². The molecule has 0 saturated carbocycles. The first kappa shape index (κ1) is 11.9. The van der Waals surface area contributed by atoms with Gasteiger partial charge in [0.15, 0.2) is 0 Å². The van der Waals surface area contributed by atoms with Gasteiger partial charge in [0.05, 0.1) is 11.4 Å². The average Bonchev–Trinajstić information content (AvgIpc) is 2.15. The summed E-state index contributed by atoms with van der Waals surface area (Å²) < 4.78 is 23.5. The quantitative estimate of drug-likeness (QED) is 0.492. The minimum atomic E-state index is -4.02. The van der Waals surface area contributed by atoms with Crippen LogP contribution in [0.3, 0.4) is 0 Å². The first-order valence-electron chi connectivity index (χ1n) is 4.07. The Hall–Kier alpha value is -0.620. The van der Waals surface area contributed by atoms with E-state index in [1.807, 2.05) is 0 Å². The zero-order valence-corrected chi connectivity index (χ0v) is 10.7. The third-order valence-electron chi connectivity index (χ3n) is 1.96. The lowest BCUT2D eigenvalue weighted by Crippen LogP contribution is -2.23. The normalized spacial score (nSPS) is 15.8. The largest absolute Gasteiger partial charge is 0.342 e. The lowest BCUT2D eigenvalue weighted by Gasteiger charge is -2.26. The number of rotatable bonds is 1. The molecule has 0 atom stereocenters. The van der Waals surface area contributed by atoms with Crippen LogP contribution < -0.4 is 9.74 Å². The van der Waals surface area contributed by atoms with Crippen LogP contribution in [-0.4, -0.2) is 8.42 Å². The van der Waals surface area contributed by atoms with Crippen molar-refractivity contribution in [3.8, 4) is 0 Å². The van der Waals surface area contributed by atoms with Crippen molar-refractivity contribution >= 4 is 54.5 Å². The molecule has 0 amide bonds. The summed E-state index contributed by atoms with van der Waals surface area (Å²) in [4.78, 5) is 0. The third kappa shape index (κ3) is 1.96. The summed E-state index contributed by atoms with van der Waals surface area (Å²) in [5, 5.41) is 2.19. The lowest BCUT2D eigenvalue weighted by molar-refractivity contribution is 0.614. The number of benzene rings is 1. The predicted octanol–water partition coefficient (Wildman–Crippen LogP) is 3.01. The average molecular weight is 300 g/mol. The van der Waals surface area contributed by atoms with Crippen LogP contribution in [0.5, 0.6) is 0 Å². The molecule has 0 spiro atoms. The van der Waals surface area contributed by atoms with E-state index in [9.17, 15) is 8.42 Å². The van der Waals surface area contributed by atoms with E-state index in [-0.39, 0.29) is 10.2 Å². The highest BCUT2D eigenvalue weighted by molar-refractivity contribution is 8.17. The molecule has 86 valence electrons. The van der Waals surface area contributed by atoms with Crippen LogP contribution in [0.1, 0.15) is 0 Å². The van der Waals surface area contributed by atoms with Gasteiger partial charge in [0.2, 0.25) is 5.03 Å². The Morgan fingerprint density at radius 1 is 1.25 bits per heavy atom. The molecule has 0 aromatic heterocycles. The van der Waals surface area contributed by atoms with Crippen LogP contribution in [0.2, 0.25) is 0 Å². The Balaban J connectivity index is 2.61. The Morgan fingerprint density at radius 3 is 2.50 bits per heavy atom. The Labute approximate surface area is 107 Å². The van der Waals surface area contributed by atoms with Gasteiger partial charge in [-0.15, -0.1) is 0 Å². The first-order chi connectivity index (χ1) is 7.41. The molecule has 1 aliphatic rings. The van der Waals surface area contributed by atoms with Gasteiger partial charge in [-0.3, -0.25) is 0 Å². The maximum absolute atomic E-state index is 11.3. The van der Waals surface area contributed by atoms with Crippen LogP contribution in [-0.2, 0) is 9.05 Å². The Morgan fingerprint density at radius 2 is 1.88 bits per heavy atom. The molecule has 0 radical (unpaired) electrons. The van der Waals surface area contributed by atoms with Gasteiger partial charge in [0.25, 0.3) is 9.05 Å². The van der Waals surface area contributed by atoms with Crippen LogP contribution >= 0.6 is 34.1 Å². The Kier molecular flexibility index (Phi) is 2.96. The summed E-state index contributed by atoms with van der Waals surface area (Å²) >= 11 is 11.6. The number of halogens is 3. The summed E-state index contributed by atoms with van der Waals surface area (Å²) in [6, 6.07) is 6.83. The number of nitrogens with one attached hydrogen (secondary N) is 1. The number of hydrogen-bond acceptors (Lipinski definition) is 4. The van der Waals surface area contributed by atoms with E-state index in [2.05, 4.69) is 5.32 Å². The standard InChI is InChI=1S/C8H5Cl3N2O2S/c9-7-8(16(11,14)15)13(10)6-4-2-1-3-5(6)12-7/h1-4,12H. The van der Waals surface area contributed by atoms with Crippen LogP contribution in [0, 0.1) is 0 Å². The van der Waals surface area contributed by atoms with Gasteiger partial charge in [-0.1, -0.05) is 23.7 Å². The van der Waals surface area contributed by atoms with Gasteiger partial charge in [-0.2, -0.15) is 0 Å². The first-order valence-corrected chi connectivity index (χ1v) is 7.10. The van der Waals surface area contributed by atoms with Gasteiger partial charge < -0.3 is 5.32 Å². The van der Waals surface area contributed by atoms with Crippen LogP contribution in [0.15, 0.2) is 34.5 Å². The molecule has 1 aromatic carbocycles. The third-order valence-corrected chi connectivity index (χ3v) is 4.08. The van der Waals surface area contributed by atoms with E-state index >= 15 is 0 Å². The molecule has 16 heavy (non-hydrogen) atoms. The molecular weight excluding hydrogens is 295 g/mol. The molecule has 1 aromatic rings. The molecule has 1 aliphatic heterocycles. The highest BCUT2D eigenvalue weighted by Gasteiger charge is 2.31. The second kappa shape index (κ2) is 4.00. The molecule has 0 saturated heterocycles. The van der Waals surface area contributed by atoms with E-state index in [0.29, 0.717) is 11.4 Å². The van der Waals surface area contributed by atoms with Gasteiger partial charge in [0.1, 0.15) is 5.16 Å².